The molecule has 2 aromatic rings. The second-order valence-electron chi connectivity index (χ2n) is 3.95. The summed E-state index contributed by atoms with van der Waals surface area (Å²) in [6, 6.07) is 8.52. The average molecular weight is 287 g/mol. The number of rotatable bonds is 4. The summed E-state index contributed by atoms with van der Waals surface area (Å²) in [6.45, 7) is 0. The zero-order chi connectivity index (χ0) is 14.4. The van der Waals surface area contributed by atoms with E-state index in [0.717, 1.165) is 5.56 Å². The van der Waals surface area contributed by atoms with Gasteiger partial charge in [0.05, 0.1) is 12.7 Å². The third-order valence-electron chi connectivity index (χ3n) is 2.52. The van der Waals surface area contributed by atoms with E-state index in [9.17, 15) is 9.59 Å². The van der Waals surface area contributed by atoms with E-state index in [4.69, 9.17) is 0 Å². The summed E-state index contributed by atoms with van der Waals surface area (Å²) in [5, 5.41) is 6.58. The van der Waals surface area contributed by atoms with Crippen molar-refractivity contribution in [3.8, 4) is 0 Å². The lowest BCUT2D eigenvalue weighted by Gasteiger charge is -2.04. The molecule has 0 saturated heterocycles. The molecule has 0 aliphatic rings. The summed E-state index contributed by atoms with van der Waals surface area (Å²) in [5.41, 5.74) is 1.92. The van der Waals surface area contributed by atoms with Gasteiger partial charge in [-0.1, -0.05) is 6.07 Å². The Morgan fingerprint density at radius 1 is 1.30 bits per heavy atom. The molecule has 0 bridgehead atoms. The quantitative estimate of drug-likeness (QED) is 0.694. The third-order valence-corrected chi connectivity index (χ3v) is 3.22. The lowest BCUT2D eigenvalue weighted by molar-refractivity contribution is -0.111. The molecular weight excluding hydrogens is 274 g/mol. The van der Waals surface area contributed by atoms with Crippen LogP contribution in [-0.2, 0) is 9.53 Å². The highest BCUT2D eigenvalue weighted by Crippen LogP contribution is 2.12. The number of methoxy groups -OCH3 is 1. The predicted octanol–water partition coefficient (Wildman–Crippen LogP) is 3.19. The van der Waals surface area contributed by atoms with Crippen LogP contribution in [0.25, 0.3) is 6.08 Å². The van der Waals surface area contributed by atoms with Gasteiger partial charge >= 0.3 is 5.97 Å². The molecule has 1 aromatic carbocycles. The number of carbonyl (C=O) groups is 2. The average Bonchev–Trinajstić information content (AvgIpc) is 2.98. The Hall–Kier alpha value is -2.40. The highest BCUT2D eigenvalue weighted by molar-refractivity contribution is 7.08. The molecule has 5 heteroatoms. The first-order chi connectivity index (χ1) is 9.69. The fourth-order valence-corrected chi connectivity index (χ4v) is 2.20. The second-order valence-corrected chi connectivity index (χ2v) is 4.73. The van der Waals surface area contributed by atoms with Crippen LogP contribution in [0.1, 0.15) is 15.9 Å². The normalized spacial score (nSPS) is 10.4. The summed E-state index contributed by atoms with van der Waals surface area (Å²) in [5.74, 6) is -0.687. The predicted molar refractivity (Wildman–Crippen MR) is 79.8 cm³/mol. The molecule has 0 aliphatic carbocycles. The lowest BCUT2D eigenvalue weighted by atomic mass is 10.2. The molecule has 1 amide bonds. The van der Waals surface area contributed by atoms with Crippen molar-refractivity contribution in [3.63, 3.8) is 0 Å². The third kappa shape index (κ3) is 3.80. The Bertz CT molecular complexity index is 632. The molecule has 20 heavy (non-hydrogen) atoms. The van der Waals surface area contributed by atoms with Crippen LogP contribution < -0.4 is 5.32 Å². The summed E-state index contributed by atoms with van der Waals surface area (Å²) >= 11 is 1.57. The van der Waals surface area contributed by atoms with Crippen LogP contribution in [0.4, 0.5) is 5.69 Å². The van der Waals surface area contributed by atoms with E-state index in [-0.39, 0.29) is 5.91 Å². The molecule has 0 radical (unpaired) electrons. The molecule has 0 unspecified atom stereocenters. The fourth-order valence-electron chi connectivity index (χ4n) is 1.57. The SMILES string of the molecule is COC(=O)c1cccc(NC(=O)C=Cc2ccsc2)c1. The van der Waals surface area contributed by atoms with Gasteiger partial charge in [-0.3, -0.25) is 4.79 Å². The largest absolute Gasteiger partial charge is 0.465 e. The summed E-state index contributed by atoms with van der Waals surface area (Å²) < 4.78 is 4.63. The van der Waals surface area contributed by atoms with E-state index in [1.807, 2.05) is 16.8 Å². The van der Waals surface area contributed by atoms with Crippen molar-refractivity contribution in [1.82, 2.24) is 0 Å². The van der Waals surface area contributed by atoms with Crippen LogP contribution in [0.3, 0.4) is 0 Å². The number of amides is 1. The van der Waals surface area contributed by atoms with Gasteiger partial charge in [0.2, 0.25) is 5.91 Å². The Balaban J connectivity index is 2.02. The van der Waals surface area contributed by atoms with Crippen LogP contribution in [0.2, 0.25) is 0 Å². The maximum absolute atomic E-state index is 11.7. The first-order valence-electron chi connectivity index (χ1n) is 5.88. The molecule has 102 valence electrons. The molecule has 4 nitrogen and oxygen atoms in total. The highest BCUT2D eigenvalue weighted by Gasteiger charge is 2.06. The van der Waals surface area contributed by atoms with Crippen LogP contribution >= 0.6 is 11.3 Å². The van der Waals surface area contributed by atoms with Crippen LogP contribution in [0.15, 0.2) is 47.2 Å². The second kappa shape index (κ2) is 6.68. The van der Waals surface area contributed by atoms with Gasteiger partial charge < -0.3 is 10.1 Å². The molecule has 1 N–H and O–H groups in total. The van der Waals surface area contributed by atoms with Crippen molar-refractivity contribution in [2.24, 2.45) is 0 Å². The molecule has 1 heterocycles. The summed E-state index contributed by atoms with van der Waals surface area (Å²) in [6.07, 6.45) is 3.18. The van der Waals surface area contributed by atoms with E-state index < -0.39 is 5.97 Å². The topological polar surface area (TPSA) is 55.4 Å². The van der Waals surface area contributed by atoms with E-state index in [1.165, 1.54) is 13.2 Å². The minimum atomic E-state index is -0.435. The van der Waals surface area contributed by atoms with Gasteiger partial charge in [-0.05, 0) is 46.7 Å². The number of esters is 1. The van der Waals surface area contributed by atoms with Gasteiger partial charge in [-0.15, -0.1) is 0 Å². The molecule has 0 fully saturated rings. The highest BCUT2D eigenvalue weighted by atomic mass is 32.1. The van der Waals surface area contributed by atoms with Gasteiger partial charge in [0, 0.05) is 11.8 Å². The van der Waals surface area contributed by atoms with Crippen molar-refractivity contribution in [2.45, 2.75) is 0 Å². The number of nitrogens with one attached hydrogen (secondary N) is 1. The zero-order valence-corrected chi connectivity index (χ0v) is 11.6. The van der Waals surface area contributed by atoms with Gasteiger partial charge in [0.1, 0.15) is 0 Å². The Morgan fingerprint density at radius 2 is 2.15 bits per heavy atom. The van der Waals surface area contributed by atoms with Crippen LogP contribution in [0.5, 0.6) is 0 Å². The zero-order valence-electron chi connectivity index (χ0n) is 10.8. The van der Waals surface area contributed by atoms with Crippen molar-refractivity contribution in [3.05, 3.63) is 58.3 Å². The van der Waals surface area contributed by atoms with Gasteiger partial charge in [0.25, 0.3) is 0 Å². The molecule has 0 saturated carbocycles. The summed E-state index contributed by atoms with van der Waals surface area (Å²) in [4.78, 5) is 23.1. The number of thiophene rings is 1. The van der Waals surface area contributed by atoms with Crippen LogP contribution in [-0.4, -0.2) is 19.0 Å². The van der Waals surface area contributed by atoms with Crippen molar-refractivity contribution >= 4 is 35.0 Å². The van der Waals surface area contributed by atoms with E-state index in [1.54, 1.807) is 41.7 Å². The molecule has 0 atom stereocenters. The first-order valence-corrected chi connectivity index (χ1v) is 6.83. The number of carbonyl (C=O) groups excluding carboxylic acids is 2. The Labute approximate surface area is 120 Å². The number of benzene rings is 1. The minimum Gasteiger partial charge on any atom is -0.465 e. The molecule has 0 aliphatic heterocycles. The van der Waals surface area contributed by atoms with Gasteiger partial charge in [-0.25, -0.2) is 4.79 Å². The van der Waals surface area contributed by atoms with E-state index >= 15 is 0 Å². The van der Waals surface area contributed by atoms with Gasteiger partial charge in [0.15, 0.2) is 0 Å². The Morgan fingerprint density at radius 3 is 2.85 bits per heavy atom. The minimum absolute atomic E-state index is 0.252. The van der Waals surface area contributed by atoms with Gasteiger partial charge in [-0.2, -0.15) is 11.3 Å². The Kier molecular flexibility index (Phi) is 4.68. The first kappa shape index (κ1) is 14.0. The maximum Gasteiger partial charge on any atom is 0.337 e. The summed E-state index contributed by atoms with van der Waals surface area (Å²) in [7, 11) is 1.32. The monoisotopic (exact) mass is 287 g/mol. The molecule has 2 rings (SSSR count). The molecule has 1 aromatic heterocycles. The van der Waals surface area contributed by atoms with E-state index in [2.05, 4.69) is 10.1 Å². The number of hydrogen-bond donors (Lipinski definition) is 1. The standard InChI is InChI=1S/C15H13NO3S/c1-19-15(18)12-3-2-4-13(9-12)16-14(17)6-5-11-7-8-20-10-11/h2-10H,1H3,(H,16,17). The maximum atomic E-state index is 11.7. The van der Waals surface area contributed by atoms with Crippen molar-refractivity contribution < 1.29 is 14.3 Å². The molecule has 0 spiro atoms. The number of hydrogen-bond acceptors (Lipinski definition) is 4. The number of anilines is 1. The van der Waals surface area contributed by atoms with Crippen molar-refractivity contribution in [1.29, 1.82) is 0 Å². The van der Waals surface area contributed by atoms with Crippen LogP contribution in [0, 0.1) is 0 Å². The van der Waals surface area contributed by atoms with Crippen molar-refractivity contribution in [2.75, 3.05) is 12.4 Å². The lowest BCUT2D eigenvalue weighted by Crippen LogP contribution is -2.09. The fraction of sp³-hybridized carbons (Fsp3) is 0.0667. The number of ether oxygens (including phenoxy) is 1. The van der Waals surface area contributed by atoms with E-state index in [0.29, 0.717) is 11.3 Å². The molecular formula is C15H13NO3S. The smallest absolute Gasteiger partial charge is 0.337 e.